The lowest BCUT2D eigenvalue weighted by Gasteiger charge is -2.40. The average Bonchev–Trinajstić information content (AvgIpc) is 3.34. The van der Waals surface area contributed by atoms with Crippen molar-refractivity contribution in [3.63, 3.8) is 0 Å². The number of hydrogen-bond acceptors (Lipinski definition) is 8. The molecule has 0 spiro atoms. The molecule has 1 heterocycles. The summed E-state index contributed by atoms with van der Waals surface area (Å²) in [5.74, 6) is -0.137. The Balaban J connectivity index is 2.07. The van der Waals surface area contributed by atoms with E-state index in [0.717, 1.165) is 38.5 Å². The summed E-state index contributed by atoms with van der Waals surface area (Å²) in [6, 6.07) is -0.712. The van der Waals surface area contributed by atoms with E-state index in [1.165, 1.54) is 250 Å². The Kier molecular flexibility index (Phi) is 47.7. The SMILES string of the molecule is CCCCCCCCCCCCCCCCCCCCCCCCCCCCCCCCCCC(=O)N[C@@H](CO[C@@H]1O[C@H](CO)[C@@H](O)C(O)C1O)[C@H](O)CCCCCCCCCCCCCCC. The number of nitrogens with one attached hydrogen (secondary N) is 1. The van der Waals surface area contributed by atoms with E-state index in [0.29, 0.717) is 12.8 Å². The normalized spacial score (nSPS) is 19.4. The van der Waals surface area contributed by atoms with E-state index in [4.69, 9.17) is 9.47 Å². The van der Waals surface area contributed by atoms with Crippen LogP contribution in [0.25, 0.3) is 0 Å². The molecule has 9 nitrogen and oxygen atoms in total. The van der Waals surface area contributed by atoms with Crippen molar-refractivity contribution in [2.75, 3.05) is 13.2 Å². The largest absolute Gasteiger partial charge is 0.394 e. The highest BCUT2D eigenvalue weighted by Crippen LogP contribution is 2.24. The fourth-order valence-electron chi connectivity index (χ4n) is 10.2. The minimum Gasteiger partial charge on any atom is -0.394 e. The molecule has 7 atom stereocenters. The van der Waals surface area contributed by atoms with Crippen LogP contribution in [0, 0.1) is 0 Å². The average molecular weight is 969 g/mol. The number of rotatable bonds is 53. The molecule has 0 aliphatic carbocycles. The van der Waals surface area contributed by atoms with E-state index >= 15 is 0 Å². The van der Waals surface area contributed by atoms with Gasteiger partial charge in [0.1, 0.15) is 24.4 Å². The molecule has 0 aromatic heterocycles. The van der Waals surface area contributed by atoms with Crippen LogP contribution in [-0.2, 0) is 14.3 Å². The van der Waals surface area contributed by atoms with Crippen molar-refractivity contribution in [1.82, 2.24) is 5.32 Å². The van der Waals surface area contributed by atoms with Crippen LogP contribution in [0.1, 0.15) is 316 Å². The summed E-state index contributed by atoms with van der Waals surface area (Å²) in [6.45, 7) is 3.87. The molecule has 68 heavy (non-hydrogen) atoms. The maximum absolute atomic E-state index is 13.1. The second kappa shape index (κ2) is 49.8. The van der Waals surface area contributed by atoms with Crippen LogP contribution >= 0.6 is 0 Å². The summed E-state index contributed by atoms with van der Waals surface area (Å²) >= 11 is 0. The van der Waals surface area contributed by atoms with E-state index in [-0.39, 0.29) is 12.5 Å². The van der Waals surface area contributed by atoms with Gasteiger partial charge in [0.15, 0.2) is 6.29 Å². The third-order valence-corrected chi connectivity index (χ3v) is 15.0. The van der Waals surface area contributed by atoms with Gasteiger partial charge in [-0.15, -0.1) is 0 Å². The Morgan fingerprint density at radius 2 is 0.735 bits per heavy atom. The summed E-state index contributed by atoms with van der Waals surface area (Å²) < 4.78 is 11.3. The zero-order valence-electron chi connectivity index (χ0n) is 45.2. The summed E-state index contributed by atoms with van der Waals surface area (Å²) in [6.07, 6.45) is 53.0. The molecule has 1 aliphatic rings. The predicted molar refractivity (Wildman–Crippen MR) is 286 cm³/mol. The smallest absolute Gasteiger partial charge is 0.220 e. The molecular weight excluding hydrogens is 851 g/mol. The van der Waals surface area contributed by atoms with Crippen LogP contribution in [0.2, 0.25) is 0 Å². The van der Waals surface area contributed by atoms with Gasteiger partial charge in [0.2, 0.25) is 5.91 Å². The molecule has 6 N–H and O–H groups in total. The number of carbonyl (C=O) groups excluding carboxylic acids is 1. The molecule has 406 valence electrons. The van der Waals surface area contributed by atoms with Gasteiger partial charge in [-0.25, -0.2) is 0 Å². The predicted octanol–water partition coefficient (Wildman–Crippen LogP) is 15.0. The van der Waals surface area contributed by atoms with Gasteiger partial charge in [-0.3, -0.25) is 4.79 Å². The molecule has 0 aromatic rings. The van der Waals surface area contributed by atoms with Gasteiger partial charge in [0, 0.05) is 6.42 Å². The fourth-order valence-corrected chi connectivity index (χ4v) is 10.2. The second-order valence-corrected chi connectivity index (χ2v) is 21.5. The molecule has 1 saturated heterocycles. The lowest BCUT2D eigenvalue weighted by atomic mass is 9.99. The molecule has 0 aromatic carbocycles. The first-order chi connectivity index (χ1) is 33.3. The molecule has 0 saturated carbocycles. The van der Waals surface area contributed by atoms with Gasteiger partial charge in [0.25, 0.3) is 0 Å². The van der Waals surface area contributed by atoms with Crippen LogP contribution < -0.4 is 5.32 Å². The molecule has 1 amide bonds. The highest BCUT2D eigenvalue weighted by atomic mass is 16.7. The second-order valence-electron chi connectivity index (χ2n) is 21.5. The highest BCUT2D eigenvalue weighted by molar-refractivity contribution is 5.76. The van der Waals surface area contributed by atoms with Crippen molar-refractivity contribution in [1.29, 1.82) is 0 Å². The Hall–Kier alpha value is -0.810. The van der Waals surface area contributed by atoms with E-state index in [1.54, 1.807) is 0 Å². The molecule has 9 heteroatoms. The molecule has 0 bridgehead atoms. The topological polar surface area (TPSA) is 149 Å². The van der Waals surface area contributed by atoms with E-state index in [2.05, 4.69) is 19.2 Å². The number of amides is 1. The quantitative estimate of drug-likeness (QED) is 0.0330. The van der Waals surface area contributed by atoms with Crippen molar-refractivity contribution in [3.05, 3.63) is 0 Å². The van der Waals surface area contributed by atoms with Crippen molar-refractivity contribution < 1.29 is 39.8 Å². The zero-order valence-corrected chi connectivity index (χ0v) is 45.2. The summed E-state index contributed by atoms with van der Waals surface area (Å²) in [5.41, 5.74) is 0. The first kappa shape index (κ1) is 65.2. The van der Waals surface area contributed by atoms with Gasteiger partial charge in [-0.2, -0.15) is 0 Å². The number of ether oxygens (including phenoxy) is 2. The van der Waals surface area contributed by atoms with Crippen LogP contribution in [0.5, 0.6) is 0 Å². The molecular formula is C59H117NO8. The highest BCUT2D eigenvalue weighted by Gasteiger charge is 2.44. The summed E-state index contributed by atoms with van der Waals surface area (Å²) in [7, 11) is 0. The maximum atomic E-state index is 13.1. The minimum atomic E-state index is -1.55. The third-order valence-electron chi connectivity index (χ3n) is 15.0. The van der Waals surface area contributed by atoms with E-state index in [9.17, 15) is 30.3 Å². The van der Waals surface area contributed by atoms with Gasteiger partial charge in [0.05, 0.1) is 25.4 Å². The molecule has 2 unspecified atom stereocenters. The van der Waals surface area contributed by atoms with Crippen LogP contribution in [0.3, 0.4) is 0 Å². The van der Waals surface area contributed by atoms with Gasteiger partial charge in [-0.05, 0) is 12.8 Å². The maximum Gasteiger partial charge on any atom is 0.220 e. The molecule has 1 fully saturated rings. The zero-order chi connectivity index (χ0) is 49.4. The number of carbonyl (C=O) groups is 1. The summed E-state index contributed by atoms with van der Waals surface area (Å²) in [5, 5.41) is 54.6. The van der Waals surface area contributed by atoms with Gasteiger partial charge < -0.3 is 40.3 Å². The van der Waals surface area contributed by atoms with E-state index < -0.39 is 49.5 Å². The first-order valence-corrected chi connectivity index (χ1v) is 30.2. The first-order valence-electron chi connectivity index (χ1n) is 30.2. The Morgan fingerprint density at radius 3 is 1.04 bits per heavy atom. The number of aliphatic hydroxyl groups is 5. The fraction of sp³-hybridized carbons (Fsp3) is 0.983. The van der Waals surface area contributed by atoms with Crippen molar-refractivity contribution in [2.45, 2.75) is 358 Å². The van der Waals surface area contributed by atoms with Crippen molar-refractivity contribution in [2.24, 2.45) is 0 Å². The lowest BCUT2D eigenvalue weighted by molar-refractivity contribution is -0.302. The number of aliphatic hydroxyl groups excluding tert-OH is 5. The summed E-state index contributed by atoms with van der Waals surface area (Å²) in [4.78, 5) is 13.1. The van der Waals surface area contributed by atoms with Crippen molar-refractivity contribution in [3.8, 4) is 0 Å². The lowest BCUT2D eigenvalue weighted by Crippen LogP contribution is -2.60. The molecule has 1 rings (SSSR count). The van der Waals surface area contributed by atoms with Gasteiger partial charge in [-0.1, -0.05) is 296 Å². The van der Waals surface area contributed by atoms with Crippen LogP contribution in [-0.4, -0.2) is 87.5 Å². The monoisotopic (exact) mass is 968 g/mol. The van der Waals surface area contributed by atoms with Crippen LogP contribution in [0.15, 0.2) is 0 Å². The molecule has 1 aliphatic heterocycles. The standard InChI is InChI=1S/C59H117NO8/c1-3-5-7-9-11-13-15-17-18-19-20-21-22-23-24-25-26-27-28-29-30-31-32-33-34-35-37-39-41-43-45-47-49-55(63)60-52(51-67-59-58(66)57(65)56(64)54(50-61)68-59)53(62)48-46-44-42-40-38-36-16-14-12-10-8-6-4-2/h52-54,56-59,61-62,64-66H,3-51H2,1-2H3,(H,60,63)/t52-,53+,54+,56+,57?,58?,59+/m0/s1. The van der Waals surface area contributed by atoms with E-state index in [1.807, 2.05) is 0 Å². The van der Waals surface area contributed by atoms with Gasteiger partial charge >= 0.3 is 0 Å². The minimum absolute atomic E-state index is 0.131. The van der Waals surface area contributed by atoms with Crippen molar-refractivity contribution >= 4 is 5.91 Å². The number of hydrogen-bond donors (Lipinski definition) is 6. The Morgan fingerprint density at radius 1 is 0.441 bits per heavy atom. The molecule has 0 radical (unpaired) electrons. The third kappa shape index (κ3) is 38.8. The number of unbranched alkanes of at least 4 members (excludes halogenated alkanes) is 43. The van der Waals surface area contributed by atoms with Crippen LogP contribution in [0.4, 0.5) is 0 Å². The Labute approximate surface area is 421 Å². The Bertz CT molecular complexity index is 1030.